The fourth-order valence-electron chi connectivity index (χ4n) is 3.67. The van der Waals surface area contributed by atoms with Crippen LogP contribution in [0.4, 0.5) is 11.5 Å². The molecule has 4 aromatic carbocycles. The summed E-state index contributed by atoms with van der Waals surface area (Å²) in [6.07, 6.45) is 0. The van der Waals surface area contributed by atoms with Crippen molar-refractivity contribution in [2.75, 3.05) is 17.7 Å². The van der Waals surface area contributed by atoms with Gasteiger partial charge in [0.05, 0.1) is 12.6 Å². The van der Waals surface area contributed by atoms with E-state index in [2.05, 4.69) is 20.8 Å². The summed E-state index contributed by atoms with van der Waals surface area (Å²) >= 11 is 1.56. The lowest BCUT2D eigenvalue weighted by Gasteiger charge is -2.09. The summed E-state index contributed by atoms with van der Waals surface area (Å²) in [6, 6.07) is 29.6. The fraction of sp³-hybridized carbons (Fsp3) is 0.0357. The number of carbonyl (C=O) groups excluding carboxylic acids is 2. The predicted molar refractivity (Wildman–Crippen MR) is 142 cm³/mol. The van der Waals surface area contributed by atoms with Crippen molar-refractivity contribution in [1.29, 1.82) is 0 Å². The molecule has 0 aliphatic rings. The molecule has 0 saturated carbocycles. The van der Waals surface area contributed by atoms with Gasteiger partial charge in [-0.3, -0.25) is 14.7 Å². The Morgan fingerprint density at radius 2 is 1.53 bits per heavy atom. The Hall–Kier alpha value is -4.56. The van der Waals surface area contributed by atoms with Gasteiger partial charge < -0.3 is 15.4 Å². The zero-order valence-corrected chi connectivity index (χ0v) is 20.1. The van der Waals surface area contributed by atoms with E-state index in [1.54, 1.807) is 55.3 Å². The first-order chi connectivity index (χ1) is 17.6. The number of aromatic amines is 1. The fourth-order valence-corrected chi connectivity index (χ4v) is 4.59. The molecule has 0 radical (unpaired) electrons. The minimum atomic E-state index is -0.213. The van der Waals surface area contributed by atoms with Crippen LogP contribution >= 0.6 is 11.8 Å². The third kappa shape index (κ3) is 5.24. The van der Waals surface area contributed by atoms with Crippen LogP contribution in [-0.4, -0.2) is 29.1 Å². The quantitative estimate of drug-likeness (QED) is 0.249. The standard InChI is InChI=1S/C28H22N4O3S/c1-35-21-11-5-9-19(15-21)28(34)29-20-10-6-12-22(16-20)36-23-13-14-24-25(17-23)31-32-26(24)30-27(33)18-7-3-2-4-8-18/h2-17H,1H3,(H,29,34)(H2,30,31,32,33). The first-order valence-electron chi connectivity index (χ1n) is 11.2. The molecule has 178 valence electrons. The first-order valence-corrected chi connectivity index (χ1v) is 12.0. The van der Waals surface area contributed by atoms with Gasteiger partial charge in [-0.1, -0.05) is 42.1 Å². The Labute approximate surface area is 211 Å². The van der Waals surface area contributed by atoms with Gasteiger partial charge in [-0.2, -0.15) is 5.10 Å². The molecule has 8 heteroatoms. The number of anilines is 2. The lowest BCUT2D eigenvalue weighted by atomic mass is 10.2. The van der Waals surface area contributed by atoms with Crippen molar-refractivity contribution < 1.29 is 14.3 Å². The molecule has 0 unspecified atom stereocenters. The Bertz CT molecular complexity index is 1550. The highest BCUT2D eigenvalue weighted by molar-refractivity contribution is 7.99. The van der Waals surface area contributed by atoms with E-state index >= 15 is 0 Å². The lowest BCUT2D eigenvalue weighted by molar-refractivity contribution is 0.101. The van der Waals surface area contributed by atoms with Gasteiger partial charge in [0.25, 0.3) is 11.8 Å². The number of hydrogen-bond acceptors (Lipinski definition) is 5. The van der Waals surface area contributed by atoms with Crippen LogP contribution in [0.25, 0.3) is 10.9 Å². The van der Waals surface area contributed by atoms with Crippen LogP contribution in [0.15, 0.2) is 107 Å². The zero-order chi connectivity index (χ0) is 24.9. The maximum absolute atomic E-state index is 12.7. The van der Waals surface area contributed by atoms with Gasteiger partial charge in [-0.15, -0.1) is 0 Å². The molecule has 0 fully saturated rings. The third-order valence-corrected chi connectivity index (χ3v) is 6.44. The molecule has 0 spiro atoms. The Morgan fingerprint density at radius 1 is 0.778 bits per heavy atom. The number of nitrogens with one attached hydrogen (secondary N) is 3. The van der Waals surface area contributed by atoms with Crippen molar-refractivity contribution >= 4 is 46.0 Å². The summed E-state index contributed by atoms with van der Waals surface area (Å²) in [6.45, 7) is 0. The predicted octanol–water partition coefficient (Wildman–Crippen LogP) is 6.23. The number of amides is 2. The molecule has 5 rings (SSSR count). The second-order valence-electron chi connectivity index (χ2n) is 7.92. The Kier molecular flexibility index (Phi) is 6.68. The van der Waals surface area contributed by atoms with Gasteiger partial charge in [-0.05, 0) is 66.7 Å². The SMILES string of the molecule is COc1cccc(C(=O)Nc2cccc(Sc3ccc4c(NC(=O)c5ccccc5)n[nH]c4c3)c2)c1. The normalized spacial score (nSPS) is 10.7. The maximum Gasteiger partial charge on any atom is 0.256 e. The van der Waals surface area contributed by atoms with Crippen molar-refractivity contribution in [2.24, 2.45) is 0 Å². The van der Waals surface area contributed by atoms with Gasteiger partial charge in [0, 0.05) is 32.0 Å². The van der Waals surface area contributed by atoms with E-state index in [0.29, 0.717) is 28.4 Å². The number of aromatic nitrogens is 2. The number of benzene rings is 4. The largest absolute Gasteiger partial charge is 0.497 e. The number of rotatable bonds is 7. The molecule has 3 N–H and O–H groups in total. The van der Waals surface area contributed by atoms with Crippen LogP contribution in [0.3, 0.4) is 0 Å². The van der Waals surface area contributed by atoms with Crippen LogP contribution in [-0.2, 0) is 0 Å². The van der Waals surface area contributed by atoms with E-state index in [4.69, 9.17) is 4.74 Å². The van der Waals surface area contributed by atoms with Gasteiger partial charge in [0.15, 0.2) is 5.82 Å². The van der Waals surface area contributed by atoms with E-state index in [0.717, 1.165) is 20.7 Å². The number of ether oxygens (including phenoxy) is 1. The molecule has 5 aromatic rings. The highest BCUT2D eigenvalue weighted by atomic mass is 32.2. The highest BCUT2D eigenvalue weighted by Gasteiger charge is 2.12. The zero-order valence-electron chi connectivity index (χ0n) is 19.3. The lowest BCUT2D eigenvalue weighted by Crippen LogP contribution is -2.12. The number of nitrogens with zero attached hydrogens (tertiary/aromatic N) is 1. The average Bonchev–Trinajstić information content (AvgIpc) is 3.31. The third-order valence-electron chi connectivity index (χ3n) is 5.46. The Morgan fingerprint density at radius 3 is 2.36 bits per heavy atom. The van der Waals surface area contributed by atoms with Gasteiger partial charge in [-0.25, -0.2) is 0 Å². The number of methoxy groups -OCH3 is 1. The summed E-state index contributed by atoms with van der Waals surface area (Å²) in [7, 11) is 1.57. The molecule has 0 atom stereocenters. The smallest absolute Gasteiger partial charge is 0.256 e. The molecule has 36 heavy (non-hydrogen) atoms. The summed E-state index contributed by atoms with van der Waals surface area (Å²) in [5.41, 5.74) is 2.60. The summed E-state index contributed by atoms with van der Waals surface area (Å²) in [5, 5.41) is 13.9. The van der Waals surface area contributed by atoms with Crippen molar-refractivity contribution in [3.8, 4) is 5.75 Å². The molecular formula is C28H22N4O3S. The van der Waals surface area contributed by atoms with Gasteiger partial charge in [0.1, 0.15) is 5.75 Å². The van der Waals surface area contributed by atoms with E-state index in [1.165, 1.54) is 0 Å². The van der Waals surface area contributed by atoms with Crippen molar-refractivity contribution in [3.05, 3.63) is 108 Å². The summed E-state index contributed by atoms with van der Waals surface area (Å²) in [5.74, 6) is 0.692. The second-order valence-corrected chi connectivity index (χ2v) is 9.06. The highest BCUT2D eigenvalue weighted by Crippen LogP contribution is 2.32. The molecule has 0 aliphatic carbocycles. The minimum Gasteiger partial charge on any atom is -0.497 e. The molecular weight excluding hydrogens is 472 g/mol. The second kappa shape index (κ2) is 10.4. The van der Waals surface area contributed by atoms with E-state index in [9.17, 15) is 9.59 Å². The van der Waals surface area contributed by atoms with Crippen molar-refractivity contribution in [3.63, 3.8) is 0 Å². The van der Waals surface area contributed by atoms with Crippen LogP contribution in [0, 0.1) is 0 Å². The van der Waals surface area contributed by atoms with Crippen molar-refractivity contribution in [2.45, 2.75) is 9.79 Å². The van der Waals surface area contributed by atoms with Crippen molar-refractivity contribution in [1.82, 2.24) is 10.2 Å². The van der Waals surface area contributed by atoms with Crippen LogP contribution in [0.1, 0.15) is 20.7 Å². The topological polar surface area (TPSA) is 96.1 Å². The maximum atomic E-state index is 12.7. The van der Waals surface area contributed by atoms with E-state index in [1.807, 2.05) is 60.7 Å². The molecule has 0 saturated heterocycles. The summed E-state index contributed by atoms with van der Waals surface area (Å²) < 4.78 is 5.20. The van der Waals surface area contributed by atoms with Crippen LogP contribution in [0.5, 0.6) is 5.75 Å². The first kappa shape index (κ1) is 23.2. The van der Waals surface area contributed by atoms with Gasteiger partial charge >= 0.3 is 0 Å². The molecule has 1 aromatic heterocycles. The number of carbonyl (C=O) groups is 2. The van der Waals surface area contributed by atoms with Crippen LogP contribution < -0.4 is 15.4 Å². The molecule has 2 amide bonds. The molecule has 0 bridgehead atoms. The number of fused-ring (bicyclic) bond motifs is 1. The molecule has 0 aliphatic heterocycles. The summed E-state index contributed by atoms with van der Waals surface area (Å²) in [4.78, 5) is 27.1. The van der Waals surface area contributed by atoms with E-state index in [-0.39, 0.29) is 11.8 Å². The molecule has 1 heterocycles. The monoisotopic (exact) mass is 494 g/mol. The average molecular weight is 495 g/mol. The van der Waals surface area contributed by atoms with E-state index < -0.39 is 0 Å². The number of hydrogen-bond donors (Lipinski definition) is 3. The van der Waals surface area contributed by atoms with Gasteiger partial charge in [0.2, 0.25) is 0 Å². The van der Waals surface area contributed by atoms with Crippen LogP contribution in [0.2, 0.25) is 0 Å². The molecule has 7 nitrogen and oxygen atoms in total. The Balaban J connectivity index is 1.28. The number of H-pyrrole nitrogens is 1. The minimum absolute atomic E-state index is 0.208.